The van der Waals surface area contributed by atoms with E-state index in [2.05, 4.69) is 5.32 Å². The van der Waals surface area contributed by atoms with Gasteiger partial charge < -0.3 is 19.7 Å². The number of amides is 4. The molecule has 0 radical (unpaired) electrons. The van der Waals surface area contributed by atoms with Crippen molar-refractivity contribution in [3.63, 3.8) is 0 Å². The third-order valence-corrected chi connectivity index (χ3v) is 6.43. The number of Topliss-reactive ketones (excluding diaryl/α,β-unsaturated/α-hetero) is 1. The highest BCUT2D eigenvalue weighted by atomic mass is 16.6. The number of benzene rings is 2. The van der Waals surface area contributed by atoms with E-state index in [0.29, 0.717) is 67.3 Å². The van der Waals surface area contributed by atoms with Crippen molar-refractivity contribution < 1.29 is 28.7 Å². The van der Waals surface area contributed by atoms with Crippen molar-refractivity contribution in [1.29, 1.82) is 0 Å². The smallest absolute Gasteiger partial charge is 0.324 e. The van der Waals surface area contributed by atoms with Gasteiger partial charge in [-0.15, -0.1) is 0 Å². The predicted octanol–water partition coefficient (Wildman–Crippen LogP) is 2.24. The van der Waals surface area contributed by atoms with Gasteiger partial charge >= 0.3 is 6.03 Å². The quantitative estimate of drug-likeness (QED) is 0.539. The Labute approximate surface area is 196 Å². The van der Waals surface area contributed by atoms with Gasteiger partial charge in [-0.1, -0.05) is 12.1 Å². The maximum Gasteiger partial charge on any atom is 0.324 e. The molecule has 4 amide bonds. The van der Waals surface area contributed by atoms with Crippen LogP contribution in [0.2, 0.25) is 0 Å². The summed E-state index contributed by atoms with van der Waals surface area (Å²) in [6.45, 7) is 2.05. The molecule has 1 N–H and O–H groups in total. The Morgan fingerprint density at radius 1 is 0.941 bits per heavy atom. The van der Waals surface area contributed by atoms with E-state index >= 15 is 0 Å². The topological polar surface area (TPSA) is 105 Å². The van der Waals surface area contributed by atoms with E-state index in [4.69, 9.17) is 9.47 Å². The number of fused-ring (bicyclic) bond motifs is 1. The second-order valence-corrected chi connectivity index (χ2v) is 8.63. The zero-order valence-electron chi connectivity index (χ0n) is 18.6. The summed E-state index contributed by atoms with van der Waals surface area (Å²) >= 11 is 0. The summed E-state index contributed by atoms with van der Waals surface area (Å²) in [6.07, 6.45) is 1.17. The monoisotopic (exact) mass is 463 g/mol. The molecule has 176 valence electrons. The van der Waals surface area contributed by atoms with E-state index in [-0.39, 0.29) is 36.6 Å². The number of ether oxygens (including phenoxy) is 2. The molecule has 0 aliphatic carbocycles. The standard InChI is InChI=1S/C25H25N3O6/c29-22-14-26-25(32)28(22)15-16-2-1-3-19(12-16)24(31)27-8-6-17(7-9-27)23(30)18-4-5-20-21(13-18)34-11-10-33-20/h1-5,12-13,17H,6-11,14-15H2,(H,26,32). The van der Waals surface area contributed by atoms with E-state index in [1.165, 1.54) is 0 Å². The van der Waals surface area contributed by atoms with Gasteiger partial charge in [0.05, 0.1) is 13.1 Å². The Balaban J connectivity index is 1.20. The first-order valence-corrected chi connectivity index (χ1v) is 11.4. The minimum absolute atomic E-state index is 0.00260. The molecule has 2 fully saturated rings. The summed E-state index contributed by atoms with van der Waals surface area (Å²) in [4.78, 5) is 52.6. The third-order valence-electron chi connectivity index (χ3n) is 6.43. The fourth-order valence-electron chi connectivity index (χ4n) is 4.56. The van der Waals surface area contributed by atoms with Crippen LogP contribution in [0.15, 0.2) is 42.5 Å². The average molecular weight is 463 g/mol. The Morgan fingerprint density at radius 2 is 1.71 bits per heavy atom. The maximum absolute atomic E-state index is 13.1. The first-order valence-electron chi connectivity index (χ1n) is 11.4. The zero-order chi connectivity index (χ0) is 23.7. The van der Waals surface area contributed by atoms with Crippen LogP contribution in [-0.2, 0) is 11.3 Å². The molecule has 5 rings (SSSR count). The lowest BCUT2D eigenvalue weighted by Gasteiger charge is -2.31. The van der Waals surface area contributed by atoms with Gasteiger partial charge in [0.2, 0.25) is 5.91 Å². The van der Waals surface area contributed by atoms with Crippen LogP contribution < -0.4 is 14.8 Å². The molecule has 0 unspecified atom stereocenters. The van der Waals surface area contributed by atoms with Gasteiger partial charge in [0, 0.05) is 30.1 Å². The van der Waals surface area contributed by atoms with Crippen molar-refractivity contribution in [3.05, 3.63) is 59.2 Å². The highest BCUT2D eigenvalue weighted by molar-refractivity contribution is 6.02. The van der Waals surface area contributed by atoms with Crippen molar-refractivity contribution in [3.8, 4) is 11.5 Å². The summed E-state index contributed by atoms with van der Waals surface area (Å²) in [5, 5.41) is 2.49. The van der Waals surface area contributed by atoms with Crippen LogP contribution in [-0.4, -0.2) is 66.3 Å². The molecule has 0 atom stereocenters. The molecule has 34 heavy (non-hydrogen) atoms. The lowest BCUT2D eigenvalue weighted by molar-refractivity contribution is -0.125. The fraction of sp³-hybridized carbons (Fsp3) is 0.360. The normalized spacial score (nSPS) is 18.1. The van der Waals surface area contributed by atoms with Crippen molar-refractivity contribution in [2.45, 2.75) is 19.4 Å². The maximum atomic E-state index is 13.1. The Hall–Kier alpha value is -3.88. The SMILES string of the molecule is O=C(c1ccc2c(c1)OCCO2)C1CCN(C(=O)c2cccc(CN3C(=O)CNC3=O)c2)CC1. The molecular weight excluding hydrogens is 438 g/mol. The van der Waals surface area contributed by atoms with Crippen LogP contribution >= 0.6 is 0 Å². The summed E-state index contributed by atoms with van der Waals surface area (Å²) in [5.41, 5.74) is 1.81. The van der Waals surface area contributed by atoms with Gasteiger partial charge in [-0.05, 0) is 48.7 Å². The van der Waals surface area contributed by atoms with E-state index in [1.54, 1.807) is 47.4 Å². The van der Waals surface area contributed by atoms with E-state index in [0.717, 1.165) is 4.90 Å². The molecule has 9 heteroatoms. The number of nitrogens with zero attached hydrogens (tertiary/aromatic N) is 2. The number of ketones is 1. The highest BCUT2D eigenvalue weighted by Gasteiger charge is 2.30. The second-order valence-electron chi connectivity index (χ2n) is 8.63. The minimum Gasteiger partial charge on any atom is -0.486 e. The minimum atomic E-state index is -0.425. The lowest BCUT2D eigenvalue weighted by atomic mass is 9.88. The molecule has 3 aliphatic heterocycles. The van der Waals surface area contributed by atoms with Crippen LogP contribution in [0.25, 0.3) is 0 Å². The number of imide groups is 1. The number of piperidine rings is 1. The van der Waals surface area contributed by atoms with Crippen LogP contribution in [0, 0.1) is 5.92 Å². The molecule has 0 aromatic heterocycles. The molecule has 2 aromatic rings. The Kier molecular flexibility index (Phi) is 5.91. The third kappa shape index (κ3) is 4.33. The number of urea groups is 1. The average Bonchev–Trinajstić information content (AvgIpc) is 3.20. The lowest BCUT2D eigenvalue weighted by Crippen LogP contribution is -2.40. The number of likely N-dealkylation sites (tertiary alicyclic amines) is 1. The molecule has 0 saturated carbocycles. The number of rotatable bonds is 5. The molecular formula is C25H25N3O6. The summed E-state index contributed by atoms with van der Waals surface area (Å²) in [5.74, 6) is 0.742. The Morgan fingerprint density at radius 3 is 2.44 bits per heavy atom. The van der Waals surface area contributed by atoms with E-state index in [9.17, 15) is 19.2 Å². The molecule has 0 spiro atoms. The first-order chi connectivity index (χ1) is 16.5. The second kappa shape index (κ2) is 9.17. The van der Waals surface area contributed by atoms with Gasteiger partial charge in [0.1, 0.15) is 13.2 Å². The molecule has 9 nitrogen and oxygen atoms in total. The van der Waals surface area contributed by atoms with Crippen LogP contribution in [0.3, 0.4) is 0 Å². The van der Waals surface area contributed by atoms with Crippen LogP contribution in [0.5, 0.6) is 11.5 Å². The molecule has 3 aliphatic rings. The fourth-order valence-corrected chi connectivity index (χ4v) is 4.56. The number of hydrogen-bond acceptors (Lipinski definition) is 6. The summed E-state index contributed by atoms with van der Waals surface area (Å²) < 4.78 is 11.1. The van der Waals surface area contributed by atoms with Gasteiger partial charge in [-0.2, -0.15) is 0 Å². The first kappa shape index (κ1) is 21.9. The molecule has 2 saturated heterocycles. The van der Waals surface area contributed by atoms with E-state index < -0.39 is 6.03 Å². The molecule has 0 bridgehead atoms. The van der Waals surface area contributed by atoms with Gasteiger partial charge in [0.15, 0.2) is 17.3 Å². The largest absolute Gasteiger partial charge is 0.486 e. The zero-order valence-corrected chi connectivity index (χ0v) is 18.6. The van der Waals surface area contributed by atoms with Gasteiger partial charge in [-0.3, -0.25) is 19.3 Å². The van der Waals surface area contributed by atoms with Gasteiger partial charge in [0.25, 0.3) is 5.91 Å². The number of hydrogen-bond donors (Lipinski definition) is 1. The summed E-state index contributed by atoms with van der Waals surface area (Å²) in [7, 11) is 0. The highest BCUT2D eigenvalue weighted by Crippen LogP contribution is 2.32. The number of nitrogens with one attached hydrogen (secondary N) is 1. The Bertz CT molecular complexity index is 1140. The molecule has 3 heterocycles. The predicted molar refractivity (Wildman–Crippen MR) is 121 cm³/mol. The van der Waals surface area contributed by atoms with Crippen molar-refractivity contribution in [2.75, 3.05) is 32.8 Å². The van der Waals surface area contributed by atoms with Crippen molar-refractivity contribution in [2.24, 2.45) is 5.92 Å². The summed E-state index contributed by atoms with van der Waals surface area (Å²) in [6, 6.07) is 11.8. The van der Waals surface area contributed by atoms with Crippen LogP contribution in [0.4, 0.5) is 4.79 Å². The molecule has 2 aromatic carbocycles. The number of carbonyl (C=O) groups excluding carboxylic acids is 4. The van der Waals surface area contributed by atoms with Crippen LogP contribution in [0.1, 0.15) is 39.1 Å². The van der Waals surface area contributed by atoms with Crippen molar-refractivity contribution >= 4 is 23.6 Å². The van der Waals surface area contributed by atoms with Crippen molar-refractivity contribution in [1.82, 2.24) is 15.1 Å². The van der Waals surface area contributed by atoms with E-state index in [1.807, 2.05) is 0 Å². The number of carbonyl (C=O) groups is 4. The van der Waals surface area contributed by atoms with Gasteiger partial charge in [-0.25, -0.2) is 4.79 Å².